The van der Waals surface area contributed by atoms with Gasteiger partial charge in [-0.25, -0.2) is 14.8 Å². The molecule has 140 valence electrons. The maximum atomic E-state index is 12.4. The predicted octanol–water partition coefficient (Wildman–Crippen LogP) is 2.52. The molecule has 9 nitrogen and oxygen atoms in total. The Labute approximate surface area is 158 Å². The molecule has 0 saturated heterocycles. The van der Waals surface area contributed by atoms with Crippen molar-refractivity contribution >= 4 is 39.1 Å². The van der Waals surface area contributed by atoms with Gasteiger partial charge in [0.15, 0.2) is 10.3 Å². The summed E-state index contributed by atoms with van der Waals surface area (Å²) in [5.74, 6) is 0.449. The SMILES string of the molecule is CC(C)n1c(=O)c(Br)nc2cnc(NC3CCC(NC(=O)O)CC3)nc21. The van der Waals surface area contributed by atoms with Gasteiger partial charge in [0.25, 0.3) is 5.56 Å². The first-order chi connectivity index (χ1) is 12.3. The minimum atomic E-state index is -0.982. The Hall–Kier alpha value is -2.23. The fourth-order valence-corrected chi connectivity index (χ4v) is 3.64. The third-order valence-electron chi connectivity index (χ3n) is 4.50. The average molecular weight is 425 g/mol. The minimum absolute atomic E-state index is 0.00394. The number of carbonyl (C=O) groups is 1. The zero-order valence-electron chi connectivity index (χ0n) is 14.6. The smallest absolute Gasteiger partial charge is 0.404 e. The Balaban J connectivity index is 1.80. The van der Waals surface area contributed by atoms with E-state index >= 15 is 0 Å². The summed E-state index contributed by atoms with van der Waals surface area (Å²) in [6.45, 7) is 3.83. The first-order valence-corrected chi connectivity index (χ1v) is 9.35. The van der Waals surface area contributed by atoms with Crippen molar-refractivity contribution in [2.75, 3.05) is 5.32 Å². The molecule has 0 aliphatic heterocycles. The molecule has 3 N–H and O–H groups in total. The van der Waals surface area contributed by atoms with Crippen LogP contribution in [0.1, 0.15) is 45.6 Å². The highest BCUT2D eigenvalue weighted by Gasteiger charge is 2.23. The number of hydrogen-bond donors (Lipinski definition) is 3. The van der Waals surface area contributed by atoms with Crippen LogP contribution in [0, 0.1) is 0 Å². The van der Waals surface area contributed by atoms with Crippen molar-refractivity contribution in [3.8, 4) is 0 Å². The van der Waals surface area contributed by atoms with E-state index in [-0.39, 0.29) is 28.3 Å². The van der Waals surface area contributed by atoms with Gasteiger partial charge in [-0.05, 0) is 55.5 Å². The second-order valence-electron chi connectivity index (χ2n) is 6.72. The van der Waals surface area contributed by atoms with E-state index < -0.39 is 6.09 Å². The highest BCUT2D eigenvalue weighted by Crippen LogP contribution is 2.22. The first-order valence-electron chi connectivity index (χ1n) is 8.56. The third kappa shape index (κ3) is 3.95. The summed E-state index contributed by atoms with van der Waals surface area (Å²) >= 11 is 3.19. The van der Waals surface area contributed by atoms with Gasteiger partial charge in [-0.1, -0.05) is 0 Å². The van der Waals surface area contributed by atoms with Crippen LogP contribution in [0.3, 0.4) is 0 Å². The van der Waals surface area contributed by atoms with E-state index in [1.54, 1.807) is 10.8 Å². The van der Waals surface area contributed by atoms with Crippen LogP contribution < -0.4 is 16.2 Å². The van der Waals surface area contributed by atoms with Gasteiger partial charge < -0.3 is 15.7 Å². The number of carboxylic acid groups (broad SMARTS) is 1. The maximum Gasteiger partial charge on any atom is 0.404 e. The van der Waals surface area contributed by atoms with Crippen LogP contribution in [-0.4, -0.2) is 42.8 Å². The number of rotatable bonds is 4. The quantitative estimate of drug-likeness (QED) is 0.688. The monoisotopic (exact) mass is 424 g/mol. The number of fused-ring (bicyclic) bond motifs is 1. The molecule has 0 atom stereocenters. The van der Waals surface area contributed by atoms with E-state index in [9.17, 15) is 9.59 Å². The fourth-order valence-electron chi connectivity index (χ4n) is 3.26. The summed E-state index contributed by atoms with van der Waals surface area (Å²) in [7, 11) is 0. The molecule has 2 heterocycles. The van der Waals surface area contributed by atoms with Gasteiger partial charge in [-0.15, -0.1) is 0 Å². The van der Waals surface area contributed by atoms with Gasteiger partial charge in [-0.3, -0.25) is 9.36 Å². The topological polar surface area (TPSA) is 122 Å². The number of nitrogens with zero attached hydrogens (tertiary/aromatic N) is 4. The van der Waals surface area contributed by atoms with Crippen molar-refractivity contribution in [3.05, 3.63) is 21.2 Å². The molecule has 0 radical (unpaired) electrons. The number of aromatic nitrogens is 4. The molecule has 3 rings (SSSR count). The van der Waals surface area contributed by atoms with Crippen LogP contribution in [0.4, 0.5) is 10.7 Å². The molecule has 10 heteroatoms. The molecule has 2 aromatic heterocycles. The van der Waals surface area contributed by atoms with Gasteiger partial charge in [0.2, 0.25) is 5.95 Å². The zero-order chi connectivity index (χ0) is 18.8. The van der Waals surface area contributed by atoms with Crippen LogP contribution in [0.2, 0.25) is 0 Å². The van der Waals surface area contributed by atoms with E-state index in [0.29, 0.717) is 17.1 Å². The molecule has 0 unspecified atom stereocenters. The lowest BCUT2D eigenvalue weighted by Gasteiger charge is -2.28. The summed E-state index contributed by atoms with van der Waals surface area (Å²) in [6.07, 6.45) is 3.80. The molecule has 0 spiro atoms. The maximum absolute atomic E-state index is 12.4. The Morgan fingerprint density at radius 3 is 2.54 bits per heavy atom. The highest BCUT2D eigenvalue weighted by atomic mass is 79.9. The molecular weight excluding hydrogens is 404 g/mol. The van der Waals surface area contributed by atoms with E-state index in [4.69, 9.17) is 5.11 Å². The van der Waals surface area contributed by atoms with Crippen LogP contribution in [-0.2, 0) is 0 Å². The molecule has 26 heavy (non-hydrogen) atoms. The normalized spacial score (nSPS) is 20.3. The molecule has 0 aromatic carbocycles. The Morgan fingerprint density at radius 2 is 1.92 bits per heavy atom. The Bertz CT molecular complexity index is 876. The summed E-state index contributed by atoms with van der Waals surface area (Å²) in [6, 6.07) is 0.0993. The minimum Gasteiger partial charge on any atom is -0.465 e. The Morgan fingerprint density at radius 1 is 1.27 bits per heavy atom. The number of halogens is 1. The number of nitrogens with one attached hydrogen (secondary N) is 2. The second kappa shape index (κ2) is 7.56. The first kappa shape index (κ1) is 18.6. The fraction of sp³-hybridized carbons (Fsp3) is 0.562. The lowest BCUT2D eigenvalue weighted by molar-refractivity contribution is 0.185. The van der Waals surface area contributed by atoms with Crippen molar-refractivity contribution in [2.45, 2.75) is 57.7 Å². The lowest BCUT2D eigenvalue weighted by atomic mass is 9.91. The van der Waals surface area contributed by atoms with E-state index in [0.717, 1.165) is 25.7 Å². The molecular formula is C16H21BrN6O3. The highest BCUT2D eigenvalue weighted by molar-refractivity contribution is 9.10. The zero-order valence-corrected chi connectivity index (χ0v) is 16.2. The van der Waals surface area contributed by atoms with Crippen molar-refractivity contribution in [1.29, 1.82) is 0 Å². The average Bonchev–Trinajstić information content (AvgIpc) is 2.57. The Kier molecular flexibility index (Phi) is 5.40. The lowest BCUT2D eigenvalue weighted by Crippen LogP contribution is -2.39. The van der Waals surface area contributed by atoms with Gasteiger partial charge in [0, 0.05) is 18.1 Å². The summed E-state index contributed by atoms with van der Waals surface area (Å²) in [4.78, 5) is 36.1. The molecule has 1 saturated carbocycles. The van der Waals surface area contributed by atoms with E-state index in [2.05, 4.69) is 41.5 Å². The molecule has 1 aliphatic rings. The second-order valence-corrected chi connectivity index (χ2v) is 7.47. The van der Waals surface area contributed by atoms with Crippen molar-refractivity contribution < 1.29 is 9.90 Å². The van der Waals surface area contributed by atoms with Crippen molar-refractivity contribution in [3.63, 3.8) is 0 Å². The van der Waals surface area contributed by atoms with Gasteiger partial charge in [-0.2, -0.15) is 4.98 Å². The van der Waals surface area contributed by atoms with Crippen LogP contribution in [0.25, 0.3) is 11.2 Å². The van der Waals surface area contributed by atoms with Crippen LogP contribution in [0.5, 0.6) is 0 Å². The molecule has 2 aromatic rings. The number of amides is 1. The summed E-state index contributed by atoms with van der Waals surface area (Å²) in [5, 5.41) is 14.6. The molecule has 1 fully saturated rings. The summed E-state index contributed by atoms with van der Waals surface area (Å²) in [5.41, 5.74) is 0.814. The third-order valence-corrected chi connectivity index (χ3v) is 5.01. The van der Waals surface area contributed by atoms with Crippen molar-refractivity contribution in [2.24, 2.45) is 0 Å². The largest absolute Gasteiger partial charge is 0.465 e. The van der Waals surface area contributed by atoms with Crippen LogP contribution in [0.15, 0.2) is 15.6 Å². The van der Waals surface area contributed by atoms with Gasteiger partial charge >= 0.3 is 6.09 Å². The van der Waals surface area contributed by atoms with Gasteiger partial charge in [0.05, 0.1) is 6.20 Å². The van der Waals surface area contributed by atoms with Crippen molar-refractivity contribution in [1.82, 2.24) is 24.8 Å². The standard InChI is InChI=1S/C16H21BrN6O3/c1-8(2)23-13-11(21-12(17)14(23)24)7-18-15(22-13)19-9-3-5-10(6-4-9)20-16(25)26/h7-10,20H,3-6H2,1-2H3,(H,25,26)(H,18,19,22). The molecule has 0 bridgehead atoms. The van der Waals surface area contributed by atoms with E-state index in [1.165, 1.54) is 0 Å². The molecule has 1 amide bonds. The van der Waals surface area contributed by atoms with Crippen LogP contribution >= 0.6 is 15.9 Å². The molecule has 1 aliphatic carbocycles. The number of anilines is 1. The predicted molar refractivity (Wildman–Crippen MR) is 101 cm³/mol. The van der Waals surface area contributed by atoms with Gasteiger partial charge in [0.1, 0.15) is 5.52 Å². The van der Waals surface area contributed by atoms with E-state index in [1.807, 2.05) is 13.8 Å². The number of hydrogen-bond acceptors (Lipinski definition) is 6. The summed E-state index contributed by atoms with van der Waals surface area (Å²) < 4.78 is 1.83.